The van der Waals surface area contributed by atoms with E-state index in [0.717, 1.165) is 0 Å². The summed E-state index contributed by atoms with van der Waals surface area (Å²) in [6.07, 6.45) is 0. The summed E-state index contributed by atoms with van der Waals surface area (Å²) >= 11 is 0. The molecule has 0 aliphatic rings. The molecule has 8 nitrogen and oxygen atoms in total. The van der Waals surface area contributed by atoms with E-state index in [4.69, 9.17) is 4.42 Å². The lowest BCUT2D eigenvalue weighted by atomic mass is 10.1. The molecule has 1 aromatic carbocycles. The highest BCUT2D eigenvalue weighted by molar-refractivity contribution is 6.06. The summed E-state index contributed by atoms with van der Waals surface area (Å²) in [5, 5.41) is 5.02. The second kappa shape index (κ2) is 7.30. The predicted octanol–water partition coefficient (Wildman–Crippen LogP) is 2.57. The summed E-state index contributed by atoms with van der Waals surface area (Å²) in [4.78, 5) is 37.8. The molecule has 0 aliphatic carbocycles. The number of nitrogens with zero attached hydrogens (tertiary/aromatic N) is 2. The molecule has 8 heteroatoms. The average molecular weight is 382 g/mol. The molecule has 0 atom stereocenters. The van der Waals surface area contributed by atoms with Crippen molar-refractivity contribution in [3.8, 4) is 0 Å². The molecule has 0 saturated carbocycles. The van der Waals surface area contributed by atoms with E-state index in [1.807, 2.05) is 0 Å². The number of hydrazine groups is 1. The summed E-state index contributed by atoms with van der Waals surface area (Å²) < 4.78 is 6.70. The first-order valence-electron chi connectivity index (χ1n) is 8.91. The van der Waals surface area contributed by atoms with E-state index in [1.165, 1.54) is 4.68 Å². The van der Waals surface area contributed by atoms with Crippen LogP contribution in [-0.2, 0) is 0 Å². The predicted molar refractivity (Wildman–Crippen MR) is 104 cm³/mol. The molecule has 2 aromatic heterocycles. The van der Waals surface area contributed by atoms with Gasteiger partial charge in [-0.3, -0.25) is 25.2 Å². The maximum absolute atomic E-state index is 12.7. The number of furan rings is 1. The van der Waals surface area contributed by atoms with E-state index in [0.29, 0.717) is 33.4 Å². The van der Waals surface area contributed by atoms with Gasteiger partial charge in [-0.2, -0.15) is 5.10 Å². The van der Waals surface area contributed by atoms with Crippen LogP contribution in [0.3, 0.4) is 0 Å². The Morgan fingerprint density at radius 2 is 1.61 bits per heavy atom. The number of amides is 2. The Kier molecular flexibility index (Phi) is 5.04. The monoisotopic (exact) mass is 382 g/mol. The number of benzene rings is 1. The van der Waals surface area contributed by atoms with Crippen molar-refractivity contribution in [1.82, 2.24) is 20.6 Å². The zero-order valence-electron chi connectivity index (χ0n) is 16.4. The van der Waals surface area contributed by atoms with Gasteiger partial charge in [0.05, 0.1) is 17.0 Å². The van der Waals surface area contributed by atoms with Gasteiger partial charge in [-0.05, 0) is 40.7 Å². The van der Waals surface area contributed by atoms with E-state index in [-0.39, 0.29) is 17.3 Å². The first-order valence-corrected chi connectivity index (χ1v) is 8.91. The molecular formula is C20H22N4O4. The molecular weight excluding hydrogens is 360 g/mol. The van der Waals surface area contributed by atoms with Crippen LogP contribution in [0.1, 0.15) is 57.8 Å². The number of carbonyl (C=O) groups excluding carboxylic acids is 2. The Morgan fingerprint density at radius 1 is 1.00 bits per heavy atom. The summed E-state index contributed by atoms with van der Waals surface area (Å²) in [6.45, 7) is 8.84. The topological polar surface area (TPSA) is 106 Å². The highest BCUT2D eigenvalue weighted by atomic mass is 16.3. The van der Waals surface area contributed by atoms with Crippen molar-refractivity contribution in [1.29, 1.82) is 0 Å². The lowest BCUT2D eigenvalue weighted by molar-refractivity contribution is 0.0842. The van der Waals surface area contributed by atoms with Crippen molar-refractivity contribution in [3.05, 3.63) is 63.0 Å². The van der Waals surface area contributed by atoms with Gasteiger partial charge in [-0.1, -0.05) is 18.2 Å². The van der Waals surface area contributed by atoms with Gasteiger partial charge in [0.15, 0.2) is 5.69 Å². The van der Waals surface area contributed by atoms with Crippen molar-refractivity contribution in [2.24, 2.45) is 0 Å². The normalized spacial score (nSPS) is 11.1. The number of nitrogens with one attached hydrogen (secondary N) is 2. The lowest BCUT2D eigenvalue weighted by Crippen LogP contribution is -2.43. The molecule has 0 aliphatic heterocycles. The third-order valence-electron chi connectivity index (χ3n) is 4.61. The molecule has 28 heavy (non-hydrogen) atoms. The molecule has 2 N–H and O–H groups in total. The fourth-order valence-electron chi connectivity index (χ4n) is 3.09. The molecule has 0 bridgehead atoms. The van der Waals surface area contributed by atoms with Crippen molar-refractivity contribution in [3.63, 3.8) is 0 Å². The average Bonchev–Trinajstić information content (AvgIpc) is 2.91. The third kappa shape index (κ3) is 3.28. The molecule has 0 fully saturated rings. The second-order valence-corrected chi connectivity index (χ2v) is 6.86. The van der Waals surface area contributed by atoms with E-state index < -0.39 is 11.8 Å². The minimum atomic E-state index is -0.616. The van der Waals surface area contributed by atoms with Gasteiger partial charge in [0.25, 0.3) is 17.4 Å². The van der Waals surface area contributed by atoms with Gasteiger partial charge in [-0.25, -0.2) is 4.68 Å². The third-order valence-corrected chi connectivity index (χ3v) is 4.61. The van der Waals surface area contributed by atoms with Gasteiger partial charge in [0.1, 0.15) is 11.5 Å². The summed E-state index contributed by atoms with van der Waals surface area (Å²) in [6, 6.07) is 6.52. The van der Waals surface area contributed by atoms with Gasteiger partial charge < -0.3 is 4.42 Å². The molecule has 0 spiro atoms. The van der Waals surface area contributed by atoms with Crippen LogP contribution in [0.4, 0.5) is 0 Å². The highest BCUT2D eigenvalue weighted by Crippen LogP contribution is 2.20. The van der Waals surface area contributed by atoms with Crippen LogP contribution in [-0.4, -0.2) is 21.6 Å². The fraction of sp³-hybridized carbons (Fsp3) is 0.300. The van der Waals surface area contributed by atoms with Crippen LogP contribution < -0.4 is 16.4 Å². The number of aryl methyl sites for hydroxylation is 2. The Balaban J connectivity index is 1.93. The van der Waals surface area contributed by atoms with Gasteiger partial charge in [-0.15, -0.1) is 0 Å². The summed E-state index contributed by atoms with van der Waals surface area (Å²) in [5.74, 6) is 0.0143. The zero-order valence-corrected chi connectivity index (χ0v) is 16.4. The first-order chi connectivity index (χ1) is 13.2. The number of aromatic nitrogens is 2. The van der Waals surface area contributed by atoms with Crippen molar-refractivity contribution in [2.45, 2.75) is 40.7 Å². The lowest BCUT2D eigenvalue weighted by Gasteiger charge is -2.13. The Morgan fingerprint density at radius 3 is 2.18 bits per heavy atom. The molecule has 2 heterocycles. The van der Waals surface area contributed by atoms with Crippen LogP contribution in [0.25, 0.3) is 10.8 Å². The van der Waals surface area contributed by atoms with Crippen molar-refractivity contribution < 1.29 is 14.0 Å². The molecule has 2 amide bonds. The highest BCUT2D eigenvalue weighted by Gasteiger charge is 2.21. The molecule has 146 valence electrons. The van der Waals surface area contributed by atoms with Gasteiger partial charge in [0, 0.05) is 10.9 Å². The van der Waals surface area contributed by atoms with E-state index in [9.17, 15) is 14.4 Å². The molecule has 0 saturated heterocycles. The SMILES string of the molecule is Cc1oc(C)c(C(=O)NNC(=O)c2nn(C(C)C)c(=O)c3ccccc23)c1C. The van der Waals surface area contributed by atoms with Gasteiger partial charge >= 0.3 is 0 Å². The van der Waals surface area contributed by atoms with Crippen LogP contribution in [0.2, 0.25) is 0 Å². The minimum absolute atomic E-state index is 0.0565. The quantitative estimate of drug-likeness (QED) is 0.677. The van der Waals surface area contributed by atoms with E-state index in [1.54, 1.807) is 58.9 Å². The number of carbonyl (C=O) groups is 2. The second-order valence-electron chi connectivity index (χ2n) is 6.86. The fourth-order valence-corrected chi connectivity index (χ4v) is 3.09. The first kappa shape index (κ1) is 19.3. The van der Waals surface area contributed by atoms with E-state index in [2.05, 4.69) is 16.0 Å². The summed E-state index contributed by atoms with van der Waals surface area (Å²) in [7, 11) is 0. The molecule has 3 rings (SSSR count). The van der Waals surface area contributed by atoms with Crippen LogP contribution in [0.5, 0.6) is 0 Å². The Hall–Kier alpha value is -3.42. The summed E-state index contributed by atoms with van der Waals surface area (Å²) in [5.41, 5.74) is 5.65. The zero-order chi connectivity index (χ0) is 20.6. The van der Waals surface area contributed by atoms with Gasteiger partial charge in [0.2, 0.25) is 0 Å². The minimum Gasteiger partial charge on any atom is -0.466 e. The van der Waals surface area contributed by atoms with Crippen molar-refractivity contribution >= 4 is 22.6 Å². The molecule has 3 aromatic rings. The maximum Gasteiger partial charge on any atom is 0.290 e. The Bertz CT molecular complexity index is 1140. The van der Waals surface area contributed by atoms with Crippen LogP contribution in [0.15, 0.2) is 33.5 Å². The van der Waals surface area contributed by atoms with E-state index >= 15 is 0 Å². The largest absolute Gasteiger partial charge is 0.466 e. The van der Waals surface area contributed by atoms with Crippen LogP contribution in [0, 0.1) is 20.8 Å². The molecule has 0 radical (unpaired) electrons. The number of rotatable bonds is 3. The van der Waals surface area contributed by atoms with Crippen LogP contribution >= 0.6 is 0 Å². The number of hydrogen-bond donors (Lipinski definition) is 2. The smallest absolute Gasteiger partial charge is 0.290 e. The van der Waals surface area contributed by atoms with Crippen molar-refractivity contribution in [2.75, 3.05) is 0 Å². The number of hydrogen-bond acceptors (Lipinski definition) is 5. The maximum atomic E-state index is 12.7. The molecule has 0 unspecified atom stereocenters. The number of fused-ring (bicyclic) bond motifs is 1. The standard InChI is InChI=1S/C20H22N4O4/c1-10(2)24-20(27)15-9-7-6-8-14(15)17(23-24)19(26)22-21-18(25)16-11(3)12(4)28-13(16)5/h6-10H,1-5H3,(H,21,25)(H,22,26). The Labute approximate surface area is 161 Å².